The van der Waals surface area contributed by atoms with Crippen LogP contribution < -0.4 is 10.6 Å². The van der Waals surface area contributed by atoms with Gasteiger partial charge in [0.25, 0.3) is 11.6 Å². The summed E-state index contributed by atoms with van der Waals surface area (Å²) >= 11 is 17.6. The number of carbonyl (C=O) groups is 1. The molecule has 0 saturated heterocycles. The van der Waals surface area contributed by atoms with Gasteiger partial charge in [0.2, 0.25) is 0 Å². The van der Waals surface area contributed by atoms with Crippen LogP contribution in [0.3, 0.4) is 0 Å². The van der Waals surface area contributed by atoms with Gasteiger partial charge in [0.05, 0.1) is 25.7 Å². The summed E-state index contributed by atoms with van der Waals surface area (Å²) in [5.74, 6) is -0.708. The maximum atomic E-state index is 12.2. The van der Waals surface area contributed by atoms with Crippen molar-refractivity contribution in [2.24, 2.45) is 0 Å². The maximum absolute atomic E-state index is 12.2. The largest absolute Gasteiger partial charge is 0.359 e. The molecule has 0 radical (unpaired) electrons. The molecule has 1 amide bonds. The minimum atomic E-state index is -0.708. The van der Waals surface area contributed by atoms with E-state index >= 15 is 0 Å². The van der Waals surface area contributed by atoms with Crippen molar-refractivity contribution >= 4 is 57.8 Å². The van der Waals surface area contributed by atoms with Crippen LogP contribution in [0.15, 0.2) is 48.2 Å². The van der Waals surface area contributed by atoms with Gasteiger partial charge in [-0.15, -0.1) is 0 Å². The van der Waals surface area contributed by atoms with Crippen molar-refractivity contribution in [3.63, 3.8) is 0 Å². The van der Waals surface area contributed by atoms with E-state index in [1.807, 2.05) is 0 Å². The summed E-state index contributed by atoms with van der Waals surface area (Å²) in [5, 5.41) is 25.8. The van der Waals surface area contributed by atoms with E-state index < -0.39 is 10.8 Å². The number of rotatable bonds is 5. The number of nitrogens with one attached hydrogen (secondary N) is 2. The fourth-order valence-electron chi connectivity index (χ4n) is 1.81. The van der Waals surface area contributed by atoms with Gasteiger partial charge < -0.3 is 10.6 Å². The molecule has 0 aliphatic rings. The van der Waals surface area contributed by atoms with Gasteiger partial charge in [0.1, 0.15) is 11.6 Å². The van der Waals surface area contributed by atoms with Crippen LogP contribution in [0, 0.1) is 21.4 Å². The van der Waals surface area contributed by atoms with E-state index in [1.165, 1.54) is 36.4 Å². The lowest BCUT2D eigenvalue weighted by atomic mass is 10.2. The van der Waals surface area contributed by atoms with Crippen molar-refractivity contribution < 1.29 is 9.72 Å². The Morgan fingerprint density at radius 1 is 1.12 bits per heavy atom. The zero-order valence-electron chi connectivity index (χ0n) is 12.8. The number of hydrogen-bond acceptors (Lipinski definition) is 5. The molecule has 0 aliphatic heterocycles. The molecular weight excluding hydrogens is 403 g/mol. The van der Waals surface area contributed by atoms with E-state index in [0.717, 1.165) is 6.20 Å². The van der Waals surface area contributed by atoms with Crippen LogP contribution in [0.5, 0.6) is 0 Å². The predicted octanol–water partition coefficient (Wildman–Crippen LogP) is 5.01. The fourth-order valence-corrected chi connectivity index (χ4v) is 2.28. The first-order valence-corrected chi connectivity index (χ1v) is 8.02. The molecule has 0 aromatic heterocycles. The average molecular weight is 412 g/mol. The number of nitro benzene ring substituents is 1. The second-order valence-electron chi connectivity index (χ2n) is 4.82. The minimum Gasteiger partial charge on any atom is -0.359 e. The first kappa shape index (κ1) is 19.5. The van der Waals surface area contributed by atoms with Gasteiger partial charge in [-0.3, -0.25) is 14.9 Å². The molecule has 132 valence electrons. The Hall–Kier alpha value is -2.79. The lowest BCUT2D eigenvalue weighted by Gasteiger charge is -2.07. The third-order valence-electron chi connectivity index (χ3n) is 3.08. The summed E-state index contributed by atoms with van der Waals surface area (Å²) in [6, 6.07) is 9.93. The molecule has 0 saturated carbocycles. The number of benzene rings is 2. The van der Waals surface area contributed by atoms with E-state index in [4.69, 9.17) is 40.1 Å². The number of hydrogen-bond donors (Lipinski definition) is 2. The molecule has 2 aromatic carbocycles. The van der Waals surface area contributed by atoms with Crippen LogP contribution in [0.25, 0.3) is 0 Å². The van der Waals surface area contributed by atoms with E-state index in [2.05, 4.69) is 10.6 Å². The number of carbonyl (C=O) groups excluding carboxylic acids is 1. The number of non-ortho nitro benzene ring substituents is 1. The van der Waals surface area contributed by atoms with E-state index in [1.54, 1.807) is 6.07 Å². The summed E-state index contributed by atoms with van der Waals surface area (Å²) in [7, 11) is 0. The average Bonchev–Trinajstić information content (AvgIpc) is 2.60. The topological polar surface area (TPSA) is 108 Å². The molecule has 2 rings (SSSR count). The molecule has 2 aromatic rings. The van der Waals surface area contributed by atoms with Crippen LogP contribution in [-0.4, -0.2) is 10.8 Å². The number of nitrogens with zero attached hydrogens (tertiary/aromatic N) is 2. The number of nitro groups is 1. The van der Waals surface area contributed by atoms with Crippen molar-refractivity contribution in [3.05, 3.63) is 73.4 Å². The van der Waals surface area contributed by atoms with Crippen LogP contribution in [0.4, 0.5) is 17.1 Å². The van der Waals surface area contributed by atoms with Gasteiger partial charge in [-0.1, -0.05) is 34.8 Å². The van der Waals surface area contributed by atoms with Gasteiger partial charge in [-0.05, 0) is 24.3 Å². The first-order valence-electron chi connectivity index (χ1n) is 6.89. The molecule has 0 atom stereocenters. The highest BCUT2D eigenvalue weighted by molar-refractivity contribution is 6.42. The monoisotopic (exact) mass is 410 g/mol. The highest BCUT2D eigenvalue weighted by atomic mass is 35.5. The molecule has 0 spiro atoms. The van der Waals surface area contributed by atoms with E-state index in [-0.39, 0.29) is 27.0 Å². The Labute approximate surface area is 162 Å². The smallest absolute Gasteiger partial charge is 0.271 e. The van der Waals surface area contributed by atoms with Gasteiger partial charge in [0, 0.05) is 24.0 Å². The summed E-state index contributed by atoms with van der Waals surface area (Å²) in [6.45, 7) is 0. The molecule has 0 heterocycles. The lowest BCUT2D eigenvalue weighted by molar-refractivity contribution is -0.384. The molecule has 7 nitrogen and oxygen atoms in total. The number of halogens is 3. The second kappa shape index (κ2) is 8.54. The molecule has 0 fully saturated rings. The van der Waals surface area contributed by atoms with Crippen molar-refractivity contribution in [2.45, 2.75) is 0 Å². The van der Waals surface area contributed by atoms with Crippen LogP contribution in [0.2, 0.25) is 15.1 Å². The summed E-state index contributed by atoms with van der Waals surface area (Å²) < 4.78 is 0. The molecule has 0 aliphatic carbocycles. The third kappa shape index (κ3) is 4.86. The molecule has 26 heavy (non-hydrogen) atoms. The fraction of sp³-hybridized carbons (Fsp3) is 0. The molecule has 10 heteroatoms. The first-order chi connectivity index (χ1) is 12.3. The molecule has 0 unspecified atom stereocenters. The maximum Gasteiger partial charge on any atom is 0.271 e. The van der Waals surface area contributed by atoms with Gasteiger partial charge in [-0.25, -0.2) is 0 Å². The zero-order chi connectivity index (χ0) is 19.3. The minimum absolute atomic E-state index is 0.177. The van der Waals surface area contributed by atoms with E-state index in [0.29, 0.717) is 10.7 Å². The van der Waals surface area contributed by atoms with Crippen molar-refractivity contribution in [3.8, 4) is 6.07 Å². The molecule has 2 N–H and O–H groups in total. The van der Waals surface area contributed by atoms with Crippen molar-refractivity contribution in [2.75, 3.05) is 10.6 Å². The van der Waals surface area contributed by atoms with Crippen LogP contribution in [0.1, 0.15) is 0 Å². The highest BCUT2D eigenvalue weighted by Gasteiger charge is 2.12. The number of nitriles is 1. The summed E-state index contributed by atoms with van der Waals surface area (Å²) in [4.78, 5) is 22.4. The Kier molecular flexibility index (Phi) is 6.41. The Morgan fingerprint density at radius 3 is 2.42 bits per heavy atom. The second-order valence-corrected chi connectivity index (χ2v) is 6.04. The van der Waals surface area contributed by atoms with Crippen LogP contribution in [-0.2, 0) is 4.79 Å². The normalized spacial score (nSPS) is 10.8. The number of anilines is 2. The highest BCUT2D eigenvalue weighted by Crippen LogP contribution is 2.27. The summed E-state index contributed by atoms with van der Waals surface area (Å²) in [5.41, 5.74) is 0.0533. The SMILES string of the molecule is N#C/C(=C/Nc1cc([N+](=O)[O-])ccc1Cl)C(=O)Nc1ccc(Cl)c(Cl)c1. The zero-order valence-corrected chi connectivity index (χ0v) is 15.1. The number of amides is 1. The summed E-state index contributed by atoms with van der Waals surface area (Å²) in [6.07, 6.45) is 1.10. The lowest BCUT2D eigenvalue weighted by Crippen LogP contribution is -2.14. The predicted molar refractivity (Wildman–Crippen MR) is 101 cm³/mol. The Balaban J connectivity index is 2.18. The molecular formula is C16H9Cl3N4O3. The van der Waals surface area contributed by atoms with E-state index in [9.17, 15) is 14.9 Å². The van der Waals surface area contributed by atoms with Gasteiger partial charge >= 0.3 is 0 Å². The quantitative estimate of drug-likeness (QED) is 0.311. The third-order valence-corrected chi connectivity index (χ3v) is 4.14. The Morgan fingerprint density at radius 2 is 1.81 bits per heavy atom. The van der Waals surface area contributed by atoms with Gasteiger partial charge in [0.15, 0.2) is 0 Å². The van der Waals surface area contributed by atoms with Crippen molar-refractivity contribution in [1.82, 2.24) is 0 Å². The van der Waals surface area contributed by atoms with Gasteiger partial charge in [-0.2, -0.15) is 5.26 Å². The Bertz CT molecular complexity index is 954. The van der Waals surface area contributed by atoms with Crippen LogP contribution >= 0.6 is 34.8 Å². The molecule has 0 bridgehead atoms. The standard InChI is InChI=1S/C16H9Cl3N4O3/c17-12-3-1-10(5-14(12)19)22-16(24)9(7-20)8-21-15-6-11(23(25)26)2-4-13(15)18/h1-6,8,21H,(H,22,24)/b9-8-. The van der Waals surface area contributed by atoms with Crippen molar-refractivity contribution in [1.29, 1.82) is 5.26 Å².